The van der Waals surface area contributed by atoms with Gasteiger partial charge in [-0.15, -0.1) is 0 Å². The third-order valence-electron chi connectivity index (χ3n) is 5.87. The van der Waals surface area contributed by atoms with E-state index < -0.39 is 23.2 Å². The van der Waals surface area contributed by atoms with Crippen molar-refractivity contribution >= 4 is 23.1 Å². The number of methoxy groups -OCH3 is 1. The molecule has 186 valence electrons. The zero-order chi connectivity index (χ0) is 26.1. The summed E-state index contributed by atoms with van der Waals surface area (Å²) in [6.07, 6.45) is -2.42. The number of fused-ring (bicyclic) bond motifs is 1. The van der Waals surface area contributed by atoms with Gasteiger partial charge in [0.2, 0.25) is 0 Å². The molecule has 2 N–H and O–H groups in total. The number of hydrogen-bond donors (Lipinski definition) is 2. The highest BCUT2D eigenvalue weighted by molar-refractivity contribution is 6.10. The van der Waals surface area contributed by atoms with Crippen molar-refractivity contribution in [2.45, 2.75) is 32.0 Å². The lowest BCUT2D eigenvalue weighted by Crippen LogP contribution is -2.43. The van der Waals surface area contributed by atoms with Gasteiger partial charge in [0.25, 0.3) is 5.91 Å². The summed E-state index contributed by atoms with van der Waals surface area (Å²) in [6.45, 7) is 4.07. The molecule has 0 aliphatic carbocycles. The van der Waals surface area contributed by atoms with E-state index in [9.17, 15) is 22.8 Å². The van der Waals surface area contributed by atoms with Crippen LogP contribution in [0.15, 0.2) is 72.8 Å². The van der Waals surface area contributed by atoms with Gasteiger partial charge in [-0.05, 0) is 62.2 Å². The monoisotopic (exact) mass is 494 g/mol. The van der Waals surface area contributed by atoms with Crippen LogP contribution in [0.25, 0.3) is 5.70 Å². The fourth-order valence-corrected chi connectivity index (χ4v) is 4.24. The van der Waals surface area contributed by atoms with Crippen LogP contribution in [0, 0.1) is 0 Å². The van der Waals surface area contributed by atoms with E-state index in [4.69, 9.17) is 4.74 Å². The molecule has 0 saturated heterocycles. The predicted octanol–water partition coefficient (Wildman–Crippen LogP) is 6.11. The van der Waals surface area contributed by atoms with Crippen LogP contribution in [0.2, 0.25) is 0 Å². The Labute approximate surface area is 207 Å². The minimum Gasteiger partial charge on any atom is -0.497 e. The lowest BCUT2D eigenvalue weighted by molar-refractivity contribution is -0.137. The maximum Gasteiger partial charge on any atom is 0.417 e. The van der Waals surface area contributed by atoms with E-state index >= 15 is 0 Å². The molecule has 0 atom stereocenters. The summed E-state index contributed by atoms with van der Waals surface area (Å²) >= 11 is 0. The molecule has 0 spiro atoms. The van der Waals surface area contributed by atoms with Crippen LogP contribution < -0.4 is 15.4 Å². The lowest BCUT2D eigenvalue weighted by Gasteiger charge is -2.35. The molecule has 0 bridgehead atoms. The number of ether oxygens (including phenoxy) is 1. The van der Waals surface area contributed by atoms with Crippen molar-refractivity contribution in [1.82, 2.24) is 5.32 Å². The molecule has 0 fully saturated rings. The summed E-state index contributed by atoms with van der Waals surface area (Å²) in [5, 5.41) is 5.87. The SMILES string of the molecule is COc1ccc2c(c1)/C(=C/C(=O)c1cccc(NC(=O)c3ccccc3C(F)(F)F)c1)NC(C)(C)C2. The highest BCUT2D eigenvalue weighted by Crippen LogP contribution is 2.33. The maximum atomic E-state index is 13.3. The molecule has 5 nitrogen and oxygen atoms in total. The highest BCUT2D eigenvalue weighted by Gasteiger charge is 2.35. The van der Waals surface area contributed by atoms with Gasteiger partial charge in [-0.2, -0.15) is 13.2 Å². The van der Waals surface area contributed by atoms with Gasteiger partial charge < -0.3 is 15.4 Å². The fourth-order valence-electron chi connectivity index (χ4n) is 4.24. The molecule has 36 heavy (non-hydrogen) atoms. The summed E-state index contributed by atoms with van der Waals surface area (Å²) in [5.41, 5.74) is 1.24. The van der Waals surface area contributed by atoms with E-state index in [1.165, 1.54) is 30.3 Å². The average Bonchev–Trinajstić information content (AvgIpc) is 2.82. The number of anilines is 1. The summed E-state index contributed by atoms with van der Waals surface area (Å²) in [7, 11) is 1.57. The highest BCUT2D eigenvalue weighted by atomic mass is 19.4. The Morgan fingerprint density at radius 2 is 1.78 bits per heavy atom. The van der Waals surface area contributed by atoms with Crippen molar-refractivity contribution in [3.05, 3.63) is 101 Å². The number of halogens is 3. The van der Waals surface area contributed by atoms with Crippen LogP contribution in [0.5, 0.6) is 5.75 Å². The molecule has 3 aromatic rings. The molecular formula is C28H25F3N2O3. The number of carbonyl (C=O) groups excluding carboxylic acids is 2. The molecule has 1 aliphatic heterocycles. The molecular weight excluding hydrogens is 469 g/mol. The topological polar surface area (TPSA) is 67.4 Å². The number of rotatable bonds is 5. The molecule has 3 aromatic carbocycles. The second kappa shape index (κ2) is 9.53. The average molecular weight is 495 g/mol. The smallest absolute Gasteiger partial charge is 0.417 e. The van der Waals surface area contributed by atoms with Crippen molar-refractivity contribution < 1.29 is 27.5 Å². The van der Waals surface area contributed by atoms with Crippen LogP contribution in [0.4, 0.5) is 18.9 Å². The predicted molar refractivity (Wildman–Crippen MR) is 132 cm³/mol. The summed E-state index contributed by atoms with van der Waals surface area (Å²) in [5.74, 6) is -0.573. The van der Waals surface area contributed by atoms with Crippen molar-refractivity contribution in [3.63, 3.8) is 0 Å². The minimum absolute atomic E-state index is 0.209. The molecule has 8 heteroatoms. The Kier molecular flexibility index (Phi) is 6.63. The number of ketones is 1. The Hall–Kier alpha value is -4.07. The third-order valence-corrected chi connectivity index (χ3v) is 5.87. The van der Waals surface area contributed by atoms with Gasteiger partial charge in [-0.25, -0.2) is 0 Å². The normalized spacial score (nSPS) is 15.6. The number of hydrogen-bond acceptors (Lipinski definition) is 4. The molecule has 0 unspecified atom stereocenters. The van der Waals surface area contributed by atoms with Crippen LogP contribution >= 0.6 is 0 Å². The largest absolute Gasteiger partial charge is 0.497 e. The van der Waals surface area contributed by atoms with Gasteiger partial charge >= 0.3 is 6.18 Å². The molecule has 0 radical (unpaired) electrons. The van der Waals surface area contributed by atoms with Crippen LogP contribution in [0.3, 0.4) is 0 Å². The summed E-state index contributed by atoms with van der Waals surface area (Å²) < 4.78 is 45.2. The van der Waals surface area contributed by atoms with Crippen LogP contribution in [-0.4, -0.2) is 24.3 Å². The van der Waals surface area contributed by atoms with E-state index in [1.54, 1.807) is 19.2 Å². The van der Waals surface area contributed by atoms with Crippen molar-refractivity contribution in [3.8, 4) is 5.75 Å². The zero-order valence-corrected chi connectivity index (χ0v) is 20.0. The number of amides is 1. The molecule has 1 amide bonds. The Balaban J connectivity index is 1.62. The lowest BCUT2D eigenvalue weighted by atomic mass is 9.85. The molecule has 0 aromatic heterocycles. The summed E-state index contributed by atoms with van der Waals surface area (Å²) in [4.78, 5) is 25.8. The molecule has 1 heterocycles. The third kappa shape index (κ3) is 5.43. The first-order chi connectivity index (χ1) is 17.0. The standard InChI is InChI=1S/C28H25F3N2O3/c1-27(2)16-18-11-12-20(36-3)14-22(18)24(33-27)15-25(34)17-7-6-8-19(13-17)32-26(35)21-9-4-5-10-23(21)28(29,30)31/h4-15,33H,16H2,1-3H3,(H,32,35)/b24-15-. The van der Waals surface area contributed by atoms with E-state index in [0.29, 0.717) is 11.4 Å². The Bertz CT molecular complexity index is 1360. The second-order valence-corrected chi connectivity index (χ2v) is 9.21. The molecule has 4 rings (SSSR count). The van der Waals surface area contributed by atoms with Gasteiger partial charge in [0.15, 0.2) is 5.78 Å². The second-order valence-electron chi connectivity index (χ2n) is 9.21. The first kappa shape index (κ1) is 25.0. The maximum absolute atomic E-state index is 13.3. The number of carbonyl (C=O) groups is 2. The quantitative estimate of drug-likeness (QED) is 0.332. The Morgan fingerprint density at radius 3 is 2.50 bits per heavy atom. The number of allylic oxidation sites excluding steroid dienone is 1. The van der Waals surface area contributed by atoms with Crippen molar-refractivity contribution in [2.75, 3.05) is 12.4 Å². The van der Waals surface area contributed by atoms with E-state index in [-0.39, 0.29) is 22.6 Å². The Morgan fingerprint density at radius 1 is 1.03 bits per heavy atom. The van der Waals surface area contributed by atoms with E-state index in [2.05, 4.69) is 10.6 Å². The van der Waals surface area contributed by atoms with Gasteiger partial charge in [-0.1, -0.05) is 30.3 Å². The first-order valence-electron chi connectivity index (χ1n) is 11.3. The van der Waals surface area contributed by atoms with Crippen LogP contribution in [-0.2, 0) is 12.6 Å². The number of benzene rings is 3. The van der Waals surface area contributed by atoms with Gasteiger partial charge in [0.05, 0.1) is 18.2 Å². The summed E-state index contributed by atoms with van der Waals surface area (Å²) in [6, 6.07) is 16.4. The van der Waals surface area contributed by atoms with Gasteiger partial charge in [-0.3, -0.25) is 9.59 Å². The zero-order valence-electron chi connectivity index (χ0n) is 20.0. The van der Waals surface area contributed by atoms with Crippen molar-refractivity contribution in [2.24, 2.45) is 0 Å². The van der Waals surface area contributed by atoms with E-state index in [0.717, 1.165) is 29.7 Å². The first-order valence-corrected chi connectivity index (χ1v) is 11.3. The van der Waals surface area contributed by atoms with Gasteiger partial charge in [0, 0.05) is 34.1 Å². The molecule has 1 aliphatic rings. The molecule has 0 saturated carbocycles. The number of alkyl halides is 3. The van der Waals surface area contributed by atoms with E-state index in [1.807, 2.05) is 32.0 Å². The van der Waals surface area contributed by atoms with Crippen LogP contribution in [0.1, 0.15) is 51.3 Å². The number of nitrogens with one attached hydrogen (secondary N) is 2. The minimum atomic E-state index is -4.67. The fraction of sp³-hybridized carbons (Fsp3) is 0.214. The van der Waals surface area contributed by atoms with Gasteiger partial charge in [0.1, 0.15) is 5.75 Å². The van der Waals surface area contributed by atoms with Crippen molar-refractivity contribution in [1.29, 1.82) is 0 Å².